The van der Waals surface area contributed by atoms with E-state index in [0.29, 0.717) is 0 Å². The Balaban J connectivity index is -0.0000000559. The summed E-state index contributed by atoms with van der Waals surface area (Å²) in [5.41, 5.74) is 0.176. The van der Waals surface area contributed by atoms with Crippen molar-refractivity contribution < 1.29 is 29.4 Å². The molecule has 0 saturated heterocycles. The third kappa shape index (κ3) is 431. The molecule has 0 unspecified atom stereocenters. The Morgan fingerprint density at radius 2 is 1.05 bits per heavy atom. The molecule has 0 saturated carbocycles. The van der Waals surface area contributed by atoms with Crippen LogP contribution in [0.25, 0.3) is 0 Å². The number of carboxylic acids is 2. The Morgan fingerprint density at radius 1 is 0.955 bits per heavy atom. The van der Waals surface area contributed by atoms with Gasteiger partial charge in [0.2, 0.25) is 0 Å². The number of nitrogens with zero attached hydrogens (tertiary/aromatic N) is 1. The summed E-state index contributed by atoms with van der Waals surface area (Å²) < 4.78 is 0. The molecular formula is C15H25NO6. The number of ketones is 2. The van der Waals surface area contributed by atoms with Crippen LogP contribution in [0.2, 0.25) is 0 Å². The van der Waals surface area contributed by atoms with Crippen molar-refractivity contribution in [2.24, 2.45) is 0 Å². The molecule has 2 N–H and O–H groups in total. The topological polar surface area (TPSA) is 133 Å². The fraction of sp³-hybridized carbons (Fsp3) is 0.400. The molecule has 7 nitrogen and oxygen atoms in total. The second-order valence-electron chi connectivity index (χ2n) is 3.67. The number of aliphatic carboxylic acids is 2. The molecule has 0 aromatic rings. The first-order chi connectivity index (χ1) is 9.79. The molecule has 7 heteroatoms. The minimum absolute atomic E-state index is 0.167. The van der Waals surface area contributed by atoms with Gasteiger partial charge in [-0.05, 0) is 34.6 Å². The zero-order valence-electron chi connectivity index (χ0n) is 14.0. The molecule has 0 rings (SSSR count). The third-order valence-corrected chi connectivity index (χ3v) is 0.540. The molecule has 0 radical (unpaired) electrons. The van der Waals surface area contributed by atoms with E-state index in [1.54, 1.807) is 6.07 Å². The van der Waals surface area contributed by atoms with Crippen molar-refractivity contribution in [2.45, 2.75) is 41.5 Å². The first-order valence-corrected chi connectivity index (χ1v) is 5.79. The van der Waals surface area contributed by atoms with Gasteiger partial charge in [0.05, 0.1) is 6.07 Å². The zero-order chi connectivity index (χ0) is 19.3. The van der Waals surface area contributed by atoms with E-state index in [9.17, 15) is 19.2 Å². The molecule has 0 aliphatic carbocycles. The number of carbonyl (C=O) groups excluding carboxylic acids is 2. The SMILES string of the molecule is C=C(C)C(=O)O.C=CC(=O)O.CC#N.CC(C)=O.CC(C)=O. The van der Waals surface area contributed by atoms with Crippen molar-refractivity contribution in [3.63, 3.8) is 0 Å². The highest BCUT2D eigenvalue weighted by molar-refractivity contribution is 5.84. The van der Waals surface area contributed by atoms with E-state index in [1.807, 2.05) is 0 Å². The van der Waals surface area contributed by atoms with E-state index in [-0.39, 0.29) is 17.1 Å². The smallest absolute Gasteiger partial charge is 0.330 e. The molecule has 0 aliphatic rings. The van der Waals surface area contributed by atoms with Crippen molar-refractivity contribution in [3.05, 3.63) is 24.8 Å². The monoisotopic (exact) mass is 315 g/mol. The average Bonchev–Trinajstić information content (AvgIpc) is 2.28. The molecule has 0 amide bonds. The number of nitriles is 1. The van der Waals surface area contributed by atoms with Gasteiger partial charge in [-0.25, -0.2) is 9.59 Å². The van der Waals surface area contributed by atoms with Gasteiger partial charge in [-0.1, -0.05) is 13.2 Å². The summed E-state index contributed by atoms with van der Waals surface area (Å²) in [5.74, 6) is -1.58. The van der Waals surface area contributed by atoms with E-state index < -0.39 is 11.9 Å². The number of carbonyl (C=O) groups is 4. The van der Waals surface area contributed by atoms with Crippen LogP contribution in [0.4, 0.5) is 0 Å². The largest absolute Gasteiger partial charge is 0.478 e. The van der Waals surface area contributed by atoms with E-state index in [1.165, 1.54) is 41.5 Å². The van der Waals surface area contributed by atoms with Crippen molar-refractivity contribution in [3.8, 4) is 6.07 Å². The summed E-state index contributed by atoms with van der Waals surface area (Å²) in [4.78, 5) is 37.7. The van der Waals surface area contributed by atoms with Crippen LogP contribution in [0.3, 0.4) is 0 Å². The summed E-state index contributed by atoms with van der Waals surface area (Å²) in [7, 11) is 0. The highest BCUT2D eigenvalue weighted by Crippen LogP contribution is 1.81. The van der Waals surface area contributed by atoms with E-state index in [4.69, 9.17) is 15.5 Å². The molecule has 0 aromatic carbocycles. The van der Waals surface area contributed by atoms with Gasteiger partial charge < -0.3 is 19.8 Å². The maximum Gasteiger partial charge on any atom is 0.330 e. The van der Waals surface area contributed by atoms with Crippen LogP contribution in [0.5, 0.6) is 0 Å². The van der Waals surface area contributed by atoms with E-state index in [0.717, 1.165) is 6.08 Å². The summed E-state index contributed by atoms with van der Waals surface area (Å²) in [6.07, 6.45) is 0.833. The van der Waals surface area contributed by atoms with Crippen LogP contribution >= 0.6 is 0 Å². The molecule has 0 spiro atoms. The summed E-state index contributed by atoms with van der Waals surface area (Å²) >= 11 is 0. The Hall–Kier alpha value is -2.75. The number of carboxylic acid groups (broad SMARTS) is 2. The van der Waals surface area contributed by atoms with Gasteiger partial charge in [0.25, 0.3) is 0 Å². The second-order valence-corrected chi connectivity index (χ2v) is 3.67. The highest BCUT2D eigenvalue weighted by atomic mass is 16.4. The predicted molar refractivity (Wildman–Crippen MR) is 84.3 cm³/mol. The van der Waals surface area contributed by atoms with Crippen LogP contribution in [0, 0.1) is 11.3 Å². The first kappa shape index (κ1) is 31.6. The molecule has 0 fully saturated rings. The Morgan fingerprint density at radius 3 is 1.05 bits per heavy atom. The van der Waals surface area contributed by atoms with Crippen LogP contribution in [-0.2, 0) is 19.2 Å². The Kier molecular flexibility index (Phi) is 38.4. The lowest BCUT2D eigenvalue weighted by atomic mass is 10.4. The van der Waals surface area contributed by atoms with Crippen LogP contribution in [-0.4, -0.2) is 33.7 Å². The summed E-state index contributed by atoms with van der Waals surface area (Å²) in [5, 5.41) is 22.8. The van der Waals surface area contributed by atoms with Crippen LogP contribution < -0.4 is 0 Å². The van der Waals surface area contributed by atoms with Crippen LogP contribution in [0.1, 0.15) is 41.5 Å². The fourth-order valence-corrected chi connectivity index (χ4v) is 0. The van der Waals surface area contributed by atoms with Gasteiger partial charge in [-0.3, -0.25) is 0 Å². The Labute approximate surface area is 131 Å². The summed E-state index contributed by atoms with van der Waals surface area (Å²) in [6.45, 7) is 15.1. The van der Waals surface area contributed by atoms with Gasteiger partial charge in [0, 0.05) is 18.6 Å². The lowest BCUT2D eigenvalue weighted by molar-refractivity contribution is -0.133. The molecule has 0 atom stereocenters. The fourth-order valence-electron chi connectivity index (χ4n) is 0. The maximum atomic E-state index is 9.60. The van der Waals surface area contributed by atoms with Crippen molar-refractivity contribution >= 4 is 23.5 Å². The highest BCUT2D eigenvalue weighted by Gasteiger charge is 1.90. The van der Waals surface area contributed by atoms with Gasteiger partial charge in [0.15, 0.2) is 0 Å². The predicted octanol–water partition coefficient (Wildman–Crippen LogP) is 2.62. The first-order valence-electron chi connectivity index (χ1n) is 5.79. The number of rotatable bonds is 2. The molecule has 126 valence electrons. The van der Waals surface area contributed by atoms with Gasteiger partial charge in [0.1, 0.15) is 11.6 Å². The number of Topliss-reactive ketones (excluding diaryl/α,β-unsaturated/α-hetero) is 2. The molecule has 0 bridgehead atoms. The normalized spacial score (nSPS) is 6.23. The molecule has 22 heavy (non-hydrogen) atoms. The number of hydrogen-bond acceptors (Lipinski definition) is 5. The van der Waals surface area contributed by atoms with E-state index >= 15 is 0 Å². The Bertz CT molecular complexity index is 373. The minimum Gasteiger partial charge on any atom is -0.478 e. The minimum atomic E-state index is -0.981. The van der Waals surface area contributed by atoms with Gasteiger partial charge in [-0.2, -0.15) is 5.26 Å². The molecule has 0 aromatic heterocycles. The van der Waals surface area contributed by atoms with Crippen molar-refractivity contribution in [2.75, 3.05) is 0 Å². The maximum absolute atomic E-state index is 9.60. The van der Waals surface area contributed by atoms with Crippen molar-refractivity contribution in [1.29, 1.82) is 5.26 Å². The standard InChI is InChI=1S/C4H6O2.C3H4O2.2C3H6O.C2H3N/c1-3(2)4(5)6;1-2-3(4)5;2*1-3(2)4;1-2-3/h1H2,2H3,(H,5,6);2H,1H2,(H,4,5);2*1-2H3;1H3. The molecule has 0 aliphatic heterocycles. The average molecular weight is 315 g/mol. The zero-order valence-corrected chi connectivity index (χ0v) is 14.0. The summed E-state index contributed by atoms with van der Waals surface area (Å²) in [6, 6.07) is 1.75. The third-order valence-electron chi connectivity index (χ3n) is 0.540. The lowest BCUT2D eigenvalue weighted by Gasteiger charge is -1.79. The van der Waals surface area contributed by atoms with Crippen LogP contribution in [0.15, 0.2) is 24.8 Å². The van der Waals surface area contributed by atoms with Gasteiger partial charge >= 0.3 is 11.9 Å². The van der Waals surface area contributed by atoms with Crippen molar-refractivity contribution in [1.82, 2.24) is 0 Å². The lowest BCUT2D eigenvalue weighted by Crippen LogP contribution is -1.92. The number of hydrogen-bond donors (Lipinski definition) is 2. The molecule has 0 heterocycles. The van der Waals surface area contributed by atoms with Gasteiger partial charge in [-0.15, -0.1) is 0 Å². The van der Waals surface area contributed by atoms with E-state index in [2.05, 4.69) is 13.2 Å². The molecular weight excluding hydrogens is 290 g/mol. The second kappa shape index (κ2) is 26.7. The quantitative estimate of drug-likeness (QED) is 0.748.